The van der Waals surface area contributed by atoms with Gasteiger partial charge in [0.25, 0.3) is 6.29 Å². The smallest absolute Gasteiger partial charge is 0.361 e. The minimum atomic E-state index is -1.51. The Morgan fingerprint density at radius 1 is 0.392 bits per heavy atom. The van der Waals surface area contributed by atoms with Crippen LogP contribution in [0.5, 0.6) is 0 Å². The fourth-order valence-electron chi connectivity index (χ4n) is 9.95. The van der Waals surface area contributed by atoms with Gasteiger partial charge < -0.3 is 28.5 Å². The minimum absolute atomic E-state index is 0.181. The van der Waals surface area contributed by atoms with Crippen molar-refractivity contribution in [3.05, 3.63) is 48.6 Å². The molecule has 462 valence electrons. The molecule has 79 heavy (non-hydrogen) atoms. The van der Waals surface area contributed by atoms with Gasteiger partial charge in [-0.3, -0.25) is 9.59 Å². The number of hydrogen-bond acceptors (Lipinski definition) is 7. The molecular weight excluding hydrogens is 983 g/mol. The Balaban J connectivity index is 4.08. The van der Waals surface area contributed by atoms with Crippen LogP contribution < -0.4 is 0 Å². The van der Waals surface area contributed by atoms with Crippen LogP contribution in [0.1, 0.15) is 322 Å². The Morgan fingerprint density at radius 2 is 0.722 bits per heavy atom. The predicted octanol–water partition coefficient (Wildman–Crippen LogP) is 20.6. The lowest BCUT2D eigenvalue weighted by molar-refractivity contribution is -0.870. The molecule has 0 aromatic rings. The Bertz CT molecular complexity index is 1430. The first-order valence-electron chi connectivity index (χ1n) is 33.8. The number of carboxylic acids is 1. The maximum Gasteiger partial charge on any atom is 0.361 e. The van der Waals surface area contributed by atoms with Crippen LogP contribution in [-0.4, -0.2) is 87.4 Å². The van der Waals surface area contributed by atoms with E-state index in [1.807, 2.05) is 21.1 Å². The number of carboxylic acid groups (broad SMARTS) is 1. The summed E-state index contributed by atoms with van der Waals surface area (Å²) in [6, 6.07) is 0. The summed E-state index contributed by atoms with van der Waals surface area (Å²) in [7, 11) is 5.98. The van der Waals surface area contributed by atoms with Gasteiger partial charge in [0.1, 0.15) is 13.2 Å². The highest BCUT2D eigenvalue weighted by molar-refractivity contribution is 5.71. The monoisotopic (exact) mass is 1110 g/mol. The average Bonchev–Trinajstić information content (AvgIpc) is 3.42. The van der Waals surface area contributed by atoms with Crippen molar-refractivity contribution in [1.29, 1.82) is 0 Å². The summed E-state index contributed by atoms with van der Waals surface area (Å²) >= 11 is 0. The highest BCUT2D eigenvalue weighted by atomic mass is 16.7. The second-order valence-corrected chi connectivity index (χ2v) is 24.1. The second kappa shape index (κ2) is 61.3. The molecule has 9 heteroatoms. The van der Waals surface area contributed by atoms with E-state index in [1.165, 1.54) is 218 Å². The molecule has 0 aromatic carbocycles. The number of esters is 2. The number of unbranched alkanes of at least 4 members (excludes halogenated alkanes) is 40. The van der Waals surface area contributed by atoms with Crippen LogP contribution in [0.15, 0.2) is 48.6 Å². The second-order valence-electron chi connectivity index (χ2n) is 24.1. The summed E-state index contributed by atoms with van der Waals surface area (Å²) < 4.78 is 23.0. The molecule has 0 aliphatic carbocycles. The molecule has 0 aliphatic heterocycles. The zero-order chi connectivity index (χ0) is 57.6. The molecule has 2 unspecified atom stereocenters. The van der Waals surface area contributed by atoms with Gasteiger partial charge in [0, 0.05) is 12.8 Å². The number of aliphatic carboxylic acids is 1. The molecule has 0 saturated carbocycles. The summed E-state index contributed by atoms with van der Waals surface area (Å²) in [5.41, 5.74) is 0. The largest absolute Gasteiger partial charge is 0.477 e. The Kier molecular flexibility index (Phi) is 59.2. The van der Waals surface area contributed by atoms with Crippen LogP contribution in [-0.2, 0) is 33.3 Å². The number of nitrogens with zero attached hydrogens (tertiary/aromatic N) is 1. The molecule has 0 fully saturated rings. The van der Waals surface area contributed by atoms with Crippen LogP contribution in [0.25, 0.3) is 0 Å². The first-order valence-corrected chi connectivity index (χ1v) is 33.8. The van der Waals surface area contributed by atoms with Crippen molar-refractivity contribution < 1.29 is 42.9 Å². The van der Waals surface area contributed by atoms with Gasteiger partial charge in [0.05, 0.1) is 34.4 Å². The third-order valence-corrected chi connectivity index (χ3v) is 15.1. The zero-order valence-electron chi connectivity index (χ0n) is 52.8. The zero-order valence-corrected chi connectivity index (χ0v) is 52.8. The molecule has 1 N–H and O–H groups in total. The molecule has 0 aromatic heterocycles. The topological polar surface area (TPSA) is 108 Å². The third kappa shape index (κ3) is 62.7. The quantitative estimate of drug-likeness (QED) is 0.0211. The van der Waals surface area contributed by atoms with Crippen LogP contribution >= 0.6 is 0 Å². The fourth-order valence-corrected chi connectivity index (χ4v) is 9.95. The van der Waals surface area contributed by atoms with Gasteiger partial charge in [-0.2, -0.15) is 0 Å². The standard InChI is InChI=1S/C70H129NO8/c1-6-8-10-12-14-16-18-20-22-24-26-28-30-31-32-33-34-35-36-37-39-40-42-44-46-48-50-52-54-56-58-60-67(72)77-64-66(65-78-70(69(74)75)76-63-62-71(3,4)5)79-68(73)61-59-57-55-53-51-49-47-45-43-41-38-29-27-25-23-21-19-17-15-13-11-9-7-2/h9,11,15,17,21,23,27,29,66,70H,6-8,10,12-14,16,18-20,22,24-26,28,30-65H2,1-5H3/p+1/b11-9-,17-15-,23-21-,29-27-. The molecule has 0 radical (unpaired) electrons. The van der Waals surface area contributed by atoms with Crippen molar-refractivity contribution in [2.75, 3.05) is 47.5 Å². The van der Waals surface area contributed by atoms with E-state index in [2.05, 4.69) is 62.5 Å². The molecule has 2 atom stereocenters. The molecule has 0 amide bonds. The molecule has 0 aliphatic rings. The van der Waals surface area contributed by atoms with Crippen molar-refractivity contribution in [2.45, 2.75) is 334 Å². The van der Waals surface area contributed by atoms with Crippen LogP contribution in [0.4, 0.5) is 0 Å². The fraction of sp³-hybridized carbons (Fsp3) is 0.843. The average molecular weight is 1110 g/mol. The van der Waals surface area contributed by atoms with E-state index in [1.54, 1.807) is 0 Å². The molecule has 9 nitrogen and oxygen atoms in total. The van der Waals surface area contributed by atoms with Gasteiger partial charge >= 0.3 is 17.9 Å². The molecule has 0 spiro atoms. The van der Waals surface area contributed by atoms with E-state index in [0.29, 0.717) is 17.4 Å². The first kappa shape index (κ1) is 76.2. The minimum Gasteiger partial charge on any atom is -0.477 e. The number of rotatable bonds is 63. The van der Waals surface area contributed by atoms with Gasteiger partial charge in [-0.1, -0.05) is 306 Å². The van der Waals surface area contributed by atoms with E-state index in [4.69, 9.17) is 18.9 Å². The number of carbonyl (C=O) groups excluding carboxylic acids is 2. The number of carbonyl (C=O) groups is 3. The normalized spacial score (nSPS) is 13.0. The van der Waals surface area contributed by atoms with E-state index in [9.17, 15) is 19.5 Å². The van der Waals surface area contributed by atoms with Crippen molar-refractivity contribution in [2.24, 2.45) is 0 Å². The summed E-state index contributed by atoms with van der Waals surface area (Å²) in [5.74, 6) is -1.99. The van der Waals surface area contributed by atoms with E-state index >= 15 is 0 Å². The maximum absolute atomic E-state index is 12.9. The Labute approximate surface area is 489 Å². The number of ether oxygens (including phenoxy) is 4. The first-order chi connectivity index (χ1) is 38.6. The lowest BCUT2D eigenvalue weighted by atomic mass is 10.0. The van der Waals surface area contributed by atoms with Crippen LogP contribution in [0.3, 0.4) is 0 Å². The molecule has 0 saturated heterocycles. The highest BCUT2D eigenvalue weighted by Gasteiger charge is 2.25. The lowest BCUT2D eigenvalue weighted by Gasteiger charge is -2.25. The van der Waals surface area contributed by atoms with E-state index in [0.717, 1.165) is 77.0 Å². The predicted molar refractivity (Wildman–Crippen MR) is 337 cm³/mol. The van der Waals surface area contributed by atoms with Crippen molar-refractivity contribution >= 4 is 17.9 Å². The highest BCUT2D eigenvalue weighted by Crippen LogP contribution is 2.18. The Morgan fingerprint density at radius 3 is 1.08 bits per heavy atom. The van der Waals surface area contributed by atoms with Gasteiger partial charge in [-0.05, 0) is 51.4 Å². The molecule has 0 heterocycles. The molecular formula is C70H130NO8+. The number of quaternary nitrogens is 1. The number of likely N-dealkylation sites (N-methyl/N-ethyl adjacent to an activating group) is 1. The number of hydrogen-bond donors (Lipinski definition) is 1. The summed E-state index contributed by atoms with van der Waals surface area (Å²) in [6.07, 6.45) is 75.1. The maximum atomic E-state index is 12.9. The van der Waals surface area contributed by atoms with Gasteiger partial charge in [0.2, 0.25) is 0 Å². The summed E-state index contributed by atoms with van der Waals surface area (Å²) in [4.78, 5) is 37.6. The summed E-state index contributed by atoms with van der Waals surface area (Å²) in [6.45, 7) is 4.81. The van der Waals surface area contributed by atoms with Crippen molar-refractivity contribution in [3.63, 3.8) is 0 Å². The van der Waals surface area contributed by atoms with E-state index in [-0.39, 0.29) is 32.2 Å². The number of allylic oxidation sites excluding steroid dienone is 8. The van der Waals surface area contributed by atoms with Crippen molar-refractivity contribution in [3.8, 4) is 0 Å². The summed E-state index contributed by atoms with van der Waals surface area (Å²) in [5, 5.41) is 9.73. The van der Waals surface area contributed by atoms with Crippen LogP contribution in [0.2, 0.25) is 0 Å². The van der Waals surface area contributed by atoms with Gasteiger partial charge in [-0.25, -0.2) is 4.79 Å². The van der Waals surface area contributed by atoms with Gasteiger partial charge in [0.15, 0.2) is 6.10 Å². The Hall–Kier alpha value is -2.75. The molecule has 0 bridgehead atoms. The molecule has 0 rings (SSSR count). The van der Waals surface area contributed by atoms with E-state index < -0.39 is 24.3 Å². The third-order valence-electron chi connectivity index (χ3n) is 15.1. The lowest BCUT2D eigenvalue weighted by Crippen LogP contribution is -2.40. The SMILES string of the molecule is CC/C=C\C/C=C\C/C=C\C/C=C\CCCCCCCCCCCCC(=O)OC(COC(=O)CCCCCCCCCCCCCCCCCCCCCCCCCCCCCCCCC)COC(OCC[N+](C)(C)C)C(=O)O. The van der Waals surface area contributed by atoms with Gasteiger partial charge in [-0.15, -0.1) is 0 Å². The van der Waals surface area contributed by atoms with Crippen molar-refractivity contribution in [1.82, 2.24) is 0 Å². The van der Waals surface area contributed by atoms with Crippen LogP contribution in [0, 0.1) is 0 Å².